The molecule has 5 heteroatoms. The Kier molecular flexibility index (Phi) is 5.66. The average Bonchev–Trinajstić information content (AvgIpc) is 2.62. The number of benzene rings is 1. The van der Waals surface area contributed by atoms with Crippen LogP contribution >= 0.6 is 11.8 Å². The number of rotatable bonds is 5. The van der Waals surface area contributed by atoms with Crippen molar-refractivity contribution >= 4 is 17.7 Å². The van der Waals surface area contributed by atoms with Gasteiger partial charge in [-0.1, -0.05) is 30.3 Å². The smallest absolute Gasteiger partial charge is 0.233 e. The van der Waals surface area contributed by atoms with Crippen LogP contribution in [0.4, 0.5) is 0 Å². The maximum Gasteiger partial charge on any atom is 0.233 e. The van der Waals surface area contributed by atoms with Gasteiger partial charge in [0.2, 0.25) is 5.91 Å². The number of aromatic nitrogens is 1. The van der Waals surface area contributed by atoms with E-state index in [0.717, 1.165) is 37.6 Å². The zero-order valence-corrected chi connectivity index (χ0v) is 13.9. The number of nitrogens with zero attached hydrogens (tertiary/aromatic N) is 3. The minimum atomic E-state index is 0.228. The summed E-state index contributed by atoms with van der Waals surface area (Å²) in [6, 6.07) is 14.4. The maximum absolute atomic E-state index is 12.3. The average molecular weight is 327 g/mol. The Bertz CT molecular complexity index is 613. The lowest BCUT2D eigenvalue weighted by Gasteiger charge is -2.34. The van der Waals surface area contributed by atoms with Crippen molar-refractivity contribution in [1.82, 2.24) is 14.8 Å². The lowest BCUT2D eigenvalue weighted by Crippen LogP contribution is -2.48. The van der Waals surface area contributed by atoms with Gasteiger partial charge in [0.1, 0.15) is 0 Å². The molecule has 0 spiro atoms. The van der Waals surface area contributed by atoms with Gasteiger partial charge in [0, 0.05) is 50.0 Å². The predicted molar refractivity (Wildman–Crippen MR) is 93.3 cm³/mol. The van der Waals surface area contributed by atoms with Crippen LogP contribution in [-0.2, 0) is 11.3 Å². The molecule has 4 nitrogen and oxygen atoms in total. The Balaban J connectivity index is 1.42. The zero-order valence-electron chi connectivity index (χ0n) is 13.1. The number of hydrogen-bond acceptors (Lipinski definition) is 4. The van der Waals surface area contributed by atoms with Gasteiger partial charge >= 0.3 is 0 Å². The highest BCUT2D eigenvalue weighted by Gasteiger charge is 2.20. The second kappa shape index (κ2) is 8.13. The number of pyridine rings is 1. The van der Waals surface area contributed by atoms with Gasteiger partial charge in [-0.25, -0.2) is 0 Å². The number of carbonyl (C=O) groups excluding carboxylic acids is 1. The van der Waals surface area contributed by atoms with E-state index in [2.05, 4.69) is 34.1 Å². The molecule has 0 aliphatic carbocycles. The third-order valence-corrected chi connectivity index (χ3v) is 4.98. The SMILES string of the molecule is O=C(CSc1ccncc1)N1CCN(Cc2ccccc2)CC1. The second-order valence-corrected chi connectivity index (χ2v) is 6.66. The highest BCUT2D eigenvalue weighted by atomic mass is 32.2. The summed E-state index contributed by atoms with van der Waals surface area (Å²) < 4.78 is 0. The van der Waals surface area contributed by atoms with Crippen LogP contribution in [0.2, 0.25) is 0 Å². The van der Waals surface area contributed by atoms with E-state index in [0.29, 0.717) is 5.75 Å². The monoisotopic (exact) mass is 327 g/mol. The molecule has 1 aromatic carbocycles. The van der Waals surface area contributed by atoms with Gasteiger partial charge in [-0.15, -0.1) is 11.8 Å². The highest BCUT2D eigenvalue weighted by molar-refractivity contribution is 8.00. The van der Waals surface area contributed by atoms with Crippen LogP contribution in [0.1, 0.15) is 5.56 Å². The highest BCUT2D eigenvalue weighted by Crippen LogP contribution is 2.17. The summed E-state index contributed by atoms with van der Waals surface area (Å²) in [5.74, 6) is 0.731. The first-order chi connectivity index (χ1) is 11.3. The van der Waals surface area contributed by atoms with Crippen LogP contribution in [-0.4, -0.2) is 52.6 Å². The van der Waals surface area contributed by atoms with Crippen LogP contribution in [0, 0.1) is 0 Å². The Hall–Kier alpha value is -1.85. The first-order valence-corrected chi connectivity index (χ1v) is 8.87. The van der Waals surface area contributed by atoms with E-state index in [4.69, 9.17) is 0 Å². The normalized spacial score (nSPS) is 15.6. The van der Waals surface area contributed by atoms with Crippen molar-refractivity contribution in [2.24, 2.45) is 0 Å². The summed E-state index contributed by atoms with van der Waals surface area (Å²) in [6.45, 7) is 4.50. The van der Waals surface area contributed by atoms with E-state index in [1.165, 1.54) is 5.56 Å². The molecule has 2 heterocycles. The molecule has 0 bridgehead atoms. The molecule has 0 N–H and O–H groups in total. The van der Waals surface area contributed by atoms with Crippen molar-refractivity contribution < 1.29 is 4.79 Å². The molecule has 1 aliphatic rings. The van der Waals surface area contributed by atoms with E-state index in [-0.39, 0.29) is 5.91 Å². The third-order valence-electron chi connectivity index (χ3n) is 3.99. The lowest BCUT2D eigenvalue weighted by molar-refractivity contribution is -0.130. The topological polar surface area (TPSA) is 36.4 Å². The van der Waals surface area contributed by atoms with E-state index in [1.807, 2.05) is 23.1 Å². The van der Waals surface area contributed by atoms with Crippen LogP contribution in [0.5, 0.6) is 0 Å². The van der Waals surface area contributed by atoms with E-state index in [1.54, 1.807) is 24.2 Å². The first-order valence-electron chi connectivity index (χ1n) is 7.88. The van der Waals surface area contributed by atoms with E-state index >= 15 is 0 Å². The van der Waals surface area contributed by atoms with Crippen molar-refractivity contribution in [3.8, 4) is 0 Å². The summed E-state index contributed by atoms with van der Waals surface area (Å²) in [7, 11) is 0. The summed E-state index contributed by atoms with van der Waals surface area (Å²) in [4.78, 5) is 21.8. The van der Waals surface area contributed by atoms with E-state index in [9.17, 15) is 4.79 Å². The molecule has 1 fully saturated rings. The third kappa shape index (κ3) is 4.81. The molecular formula is C18H21N3OS. The van der Waals surface area contributed by atoms with E-state index < -0.39 is 0 Å². The van der Waals surface area contributed by atoms with Gasteiger partial charge in [-0.2, -0.15) is 0 Å². The fourth-order valence-corrected chi connectivity index (χ4v) is 3.45. The first kappa shape index (κ1) is 16.0. The molecule has 23 heavy (non-hydrogen) atoms. The van der Waals surface area contributed by atoms with Crippen molar-refractivity contribution in [2.75, 3.05) is 31.9 Å². The Morgan fingerprint density at radius 3 is 2.39 bits per heavy atom. The number of hydrogen-bond donors (Lipinski definition) is 0. The minimum absolute atomic E-state index is 0.228. The molecule has 0 atom stereocenters. The number of thioether (sulfide) groups is 1. The maximum atomic E-state index is 12.3. The second-order valence-electron chi connectivity index (χ2n) is 5.61. The van der Waals surface area contributed by atoms with Gasteiger partial charge in [-0.05, 0) is 17.7 Å². The number of piperazine rings is 1. The Morgan fingerprint density at radius 2 is 1.70 bits per heavy atom. The van der Waals surface area contributed by atoms with Gasteiger partial charge in [0.15, 0.2) is 0 Å². The minimum Gasteiger partial charge on any atom is -0.339 e. The molecule has 0 unspecified atom stereocenters. The molecule has 0 radical (unpaired) electrons. The summed E-state index contributed by atoms with van der Waals surface area (Å²) in [5, 5.41) is 0. The molecule has 1 saturated heterocycles. The molecule has 1 amide bonds. The van der Waals surface area contributed by atoms with Gasteiger partial charge < -0.3 is 4.90 Å². The van der Waals surface area contributed by atoms with Crippen molar-refractivity contribution in [2.45, 2.75) is 11.4 Å². The van der Waals surface area contributed by atoms with Crippen LogP contribution in [0.25, 0.3) is 0 Å². The zero-order chi connectivity index (χ0) is 15.9. The predicted octanol–water partition coefficient (Wildman–Crippen LogP) is 2.52. The number of carbonyl (C=O) groups is 1. The fourth-order valence-electron chi connectivity index (χ4n) is 2.67. The van der Waals surface area contributed by atoms with Crippen LogP contribution in [0.15, 0.2) is 59.8 Å². The molecule has 2 aromatic rings. The number of amides is 1. The molecule has 1 aromatic heterocycles. The van der Waals surface area contributed by atoms with Gasteiger partial charge in [0.05, 0.1) is 5.75 Å². The molecule has 0 saturated carbocycles. The fraction of sp³-hybridized carbons (Fsp3) is 0.333. The van der Waals surface area contributed by atoms with Gasteiger partial charge in [0.25, 0.3) is 0 Å². The standard InChI is InChI=1S/C18H21N3OS/c22-18(15-23-17-6-8-19-9-7-17)21-12-10-20(11-13-21)14-16-4-2-1-3-5-16/h1-9H,10-15H2. The molecular weight excluding hydrogens is 306 g/mol. The summed E-state index contributed by atoms with van der Waals surface area (Å²) >= 11 is 1.58. The Morgan fingerprint density at radius 1 is 1.00 bits per heavy atom. The van der Waals surface area contributed by atoms with Gasteiger partial charge in [-0.3, -0.25) is 14.7 Å². The molecule has 120 valence electrons. The Labute approximate surface area is 141 Å². The van der Waals surface area contributed by atoms with Crippen molar-refractivity contribution in [1.29, 1.82) is 0 Å². The lowest BCUT2D eigenvalue weighted by atomic mass is 10.2. The largest absolute Gasteiger partial charge is 0.339 e. The van der Waals surface area contributed by atoms with Crippen LogP contribution < -0.4 is 0 Å². The summed E-state index contributed by atoms with van der Waals surface area (Å²) in [5.41, 5.74) is 1.33. The van der Waals surface area contributed by atoms with Crippen molar-refractivity contribution in [3.63, 3.8) is 0 Å². The van der Waals surface area contributed by atoms with Crippen molar-refractivity contribution in [3.05, 3.63) is 60.4 Å². The molecule has 3 rings (SSSR count). The van der Waals surface area contributed by atoms with Crippen LogP contribution in [0.3, 0.4) is 0 Å². The quantitative estimate of drug-likeness (QED) is 0.791. The summed E-state index contributed by atoms with van der Waals surface area (Å²) in [6.07, 6.45) is 3.52. The molecule has 1 aliphatic heterocycles.